The summed E-state index contributed by atoms with van der Waals surface area (Å²) in [6, 6.07) is 20.1. The lowest BCUT2D eigenvalue weighted by atomic mass is 10.2. The zero-order chi connectivity index (χ0) is 13.8. The summed E-state index contributed by atoms with van der Waals surface area (Å²) in [6.45, 7) is 0. The molecule has 20 heavy (non-hydrogen) atoms. The van der Waals surface area contributed by atoms with E-state index in [-0.39, 0.29) is 0 Å². The minimum absolute atomic E-state index is 0.781. The molecule has 4 aromatic rings. The van der Waals surface area contributed by atoms with E-state index in [9.17, 15) is 0 Å². The van der Waals surface area contributed by atoms with Crippen molar-refractivity contribution in [1.82, 2.24) is 9.97 Å². The van der Waals surface area contributed by atoms with E-state index in [1.807, 2.05) is 54.0 Å². The molecular weight excluding hydrogens is 284 g/mol. The molecular formula is C16H12N2S2. The molecule has 0 unspecified atom stereocenters. The maximum absolute atomic E-state index is 4.98. The molecule has 0 amide bonds. The van der Waals surface area contributed by atoms with Gasteiger partial charge in [0.25, 0.3) is 0 Å². The Hall–Kier alpha value is -2.04. The summed E-state index contributed by atoms with van der Waals surface area (Å²) in [7, 11) is 0. The van der Waals surface area contributed by atoms with Crippen molar-refractivity contribution in [1.29, 1.82) is 0 Å². The third kappa shape index (κ3) is 2.92. The van der Waals surface area contributed by atoms with E-state index in [1.165, 1.54) is 10.1 Å². The predicted molar refractivity (Wildman–Crippen MR) is 88.8 cm³/mol. The van der Waals surface area contributed by atoms with E-state index in [1.54, 1.807) is 11.3 Å². The average Bonchev–Trinajstić information content (AvgIpc) is 2.96. The second-order valence-electron chi connectivity index (χ2n) is 4.23. The van der Waals surface area contributed by atoms with Crippen molar-refractivity contribution in [2.24, 2.45) is 0 Å². The summed E-state index contributed by atoms with van der Waals surface area (Å²) >= 11 is 6.66. The minimum Gasteiger partial charge on any atom is -0.346 e. The molecule has 0 radical (unpaired) electrons. The predicted octanol–water partition coefficient (Wildman–Crippen LogP) is 5.19. The highest BCUT2D eigenvalue weighted by Gasteiger charge is 1.89. The molecule has 2 aromatic carbocycles. The van der Waals surface area contributed by atoms with Crippen LogP contribution in [0.5, 0.6) is 0 Å². The Morgan fingerprint density at radius 2 is 1.70 bits per heavy atom. The molecule has 0 saturated heterocycles. The molecule has 2 aromatic heterocycles. The molecule has 2 nitrogen and oxygen atoms in total. The van der Waals surface area contributed by atoms with Gasteiger partial charge in [-0.05, 0) is 35.7 Å². The van der Waals surface area contributed by atoms with E-state index in [4.69, 9.17) is 12.2 Å². The first-order chi connectivity index (χ1) is 9.83. The number of nitrogens with zero attached hydrogens (tertiary/aromatic N) is 1. The van der Waals surface area contributed by atoms with Gasteiger partial charge in [-0.3, -0.25) is 0 Å². The number of pyridine rings is 1. The highest BCUT2D eigenvalue weighted by molar-refractivity contribution is 7.71. The maximum atomic E-state index is 4.98. The molecule has 0 spiro atoms. The van der Waals surface area contributed by atoms with Crippen LogP contribution in [0.3, 0.4) is 0 Å². The lowest BCUT2D eigenvalue weighted by molar-refractivity contribution is 1.38. The van der Waals surface area contributed by atoms with E-state index < -0.39 is 0 Å². The second-order valence-corrected chi connectivity index (χ2v) is 5.56. The van der Waals surface area contributed by atoms with Gasteiger partial charge in [-0.2, -0.15) is 0 Å². The van der Waals surface area contributed by atoms with Crippen molar-refractivity contribution < 1.29 is 0 Å². The van der Waals surface area contributed by atoms with Crippen LogP contribution in [-0.4, -0.2) is 9.97 Å². The molecule has 0 fully saturated rings. The summed E-state index contributed by atoms with van der Waals surface area (Å²) in [4.78, 5) is 7.24. The van der Waals surface area contributed by atoms with E-state index >= 15 is 0 Å². The number of benzene rings is 2. The van der Waals surface area contributed by atoms with Crippen molar-refractivity contribution >= 4 is 44.7 Å². The Kier molecular flexibility index (Phi) is 3.85. The fraction of sp³-hybridized carbons (Fsp3) is 0. The Morgan fingerprint density at radius 3 is 2.60 bits per heavy atom. The van der Waals surface area contributed by atoms with Gasteiger partial charge in [0.1, 0.15) is 4.64 Å². The molecule has 2 heterocycles. The fourth-order valence-corrected chi connectivity index (χ4v) is 2.76. The summed E-state index contributed by atoms with van der Waals surface area (Å²) in [5, 5.41) is 1.20. The first kappa shape index (κ1) is 13.0. The Labute approximate surface area is 125 Å². The molecule has 98 valence electrons. The third-order valence-electron chi connectivity index (χ3n) is 2.87. The molecule has 0 bridgehead atoms. The maximum Gasteiger partial charge on any atom is 0.103 e. The van der Waals surface area contributed by atoms with Gasteiger partial charge in [0.15, 0.2) is 0 Å². The zero-order valence-corrected chi connectivity index (χ0v) is 12.2. The Balaban J connectivity index is 0.000000123. The van der Waals surface area contributed by atoms with Crippen molar-refractivity contribution in [2.75, 3.05) is 0 Å². The Morgan fingerprint density at radius 1 is 0.900 bits per heavy atom. The number of para-hydroxylation sites is 2. The number of hydrogen-bond donors (Lipinski definition) is 1. The molecule has 4 heteroatoms. The number of rotatable bonds is 0. The SMILES string of the molecule is S=c1ccc2ccccc2[nH]1.c1ccc2scnc2c1. The highest BCUT2D eigenvalue weighted by atomic mass is 32.1. The van der Waals surface area contributed by atoms with Crippen LogP contribution in [0.2, 0.25) is 0 Å². The summed E-state index contributed by atoms with van der Waals surface area (Å²) in [5.74, 6) is 0. The van der Waals surface area contributed by atoms with Crippen LogP contribution in [0, 0.1) is 4.64 Å². The second kappa shape index (κ2) is 5.94. The first-order valence-corrected chi connectivity index (χ1v) is 7.48. The van der Waals surface area contributed by atoms with Gasteiger partial charge < -0.3 is 4.98 Å². The molecule has 0 aliphatic heterocycles. The van der Waals surface area contributed by atoms with Gasteiger partial charge in [-0.25, -0.2) is 4.98 Å². The van der Waals surface area contributed by atoms with E-state index in [0.717, 1.165) is 15.7 Å². The van der Waals surface area contributed by atoms with Crippen molar-refractivity contribution in [3.63, 3.8) is 0 Å². The smallest absolute Gasteiger partial charge is 0.103 e. The molecule has 0 atom stereocenters. The molecule has 4 rings (SSSR count). The summed E-state index contributed by atoms with van der Waals surface area (Å²) in [5.41, 5.74) is 4.06. The largest absolute Gasteiger partial charge is 0.346 e. The Bertz CT molecular complexity index is 863. The van der Waals surface area contributed by atoms with E-state index in [0.29, 0.717) is 0 Å². The first-order valence-electron chi connectivity index (χ1n) is 6.19. The fourth-order valence-electron chi connectivity index (χ4n) is 1.90. The number of aromatic amines is 1. The van der Waals surface area contributed by atoms with Crippen LogP contribution < -0.4 is 0 Å². The highest BCUT2D eigenvalue weighted by Crippen LogP contribution is 2.15. The molecule has 0 saturated carbocycles. The van der Waals surface area contributed by atoms with Crippen LogP contribution in [0.4, 0.5) is 0 Å². The zero-order valence-electron chi connectivity index (χ0n) is 10.6. The monoisotopic (exact) mass is 296 g/mol. The van der Waals surface area contributed by atoms with Gasteiger partial charge in [-0.15, -0.1) is 11.3 Å². The molecule has 0 aliphatic rings. The summed E-state index contributed by atoms with van der Waals surface area (Å²) in [6.07, 6.45) is 0. The van der Waals surface area contributed by atoms with Crippen molar-refractivity contribution in [2.45, 2.75) is 0 Å². The van der Waals surface area contributed by atoms with Crippen LogP contribution in [0.1, 0.15) is 0 Å². The quantitative estimate of drug-likeness (QED) is 0.452. The van der Waals surface area contributed by atoms with Crippen LogP contribution >= 0.6 is 23.6 Å². The lowest BCUT2D eigenvalue weighted by Gasteiger charge is -1.94. The van der Waals surface area contributed by atoms with E-state index in [2.05, 4.69) is 22.1 Å². The topological polar surface area (TPSA) is 28.7 Å². The number of hydrogen-bond acceptors (Lipinski definition) is 3. The number of nitrogens with one attached hydrogen (secondary N) is 1. The summed E-state index contributed by atoms with van der Waals surface area (Å²) < 4.78 is 2.04. The van der Waals surface area contributed by atoms with Crippen LogP contribution in [0.25, 0.3) is 21.1 Å². The lowest BCUT2D eigenvalue weighted by Crippen LogP contribution is -1.76. The standard InChI is InChI=1S/C9H7NS.C7H5NS/c11-9-6-5-7-3-1-2-4-8(7)10-9;1-2-4-7-6(3-1)8-5-9-7/h1-6H,(H,10,11);1-5H. The van der Waals surface area contributed by atoms with Gasteiger partial charge in [0.2, 0.25) is 0 Å². The number of H-pyrrole nitrogens is 1. The number of fused-ring (bicyclic) bond motifs is 2. The van der Waals surface area contributed by atoms with Gasteiger partial charge in [-0.1, -0.05) is 42.5 Å². The molecule has 1 N–H and O–H groups in total. The van der Waals surface area contributed by atoms with Crippen molar-refractivity contribution in [3.05, 3.63) is 70.8 Å². The average molecular weight is 296 g/mol. The third-order valence-corrected chi connectivity index (χ3v) is 3.92. The van der Waals surface area contributed by atoms with Crippen LogP contribution in [0.15, 0.2) is 66.2 Å². The van der Waals surface area contributed by atoms with Crippen LogP contribution in [-0.2, 0) is 0 Å². The van der Waals surface area contributed by atoms with Gasteiger partial charge in [0, 0.05) is 5.52 Å². The number of aromatic nitrogens is 2. The van der Waals surface area contributed by atoms with Gasteiger partial charge >= 0.3 is 0 Å². The normalized spacial score (nSPS) is 10.2. The number of thiazole rings is 1. The molecule has 0 aliphatic carbocycles. The minimum atomic E-state index is 0.781. The van der Waals surface area contributed by atoms with Crippen molar-refractivity contribution in [3.8, 4) is 0 Å². The van der Waals surface area contributed by atoms with Gasteiger partial charge in [0.05, 0.1) is 15.7 Å².